The van der Waals surface area contributed by atoms with E-state index in [4.69, 9.17) is 0 Å². The minimum Gasteiger partial charge on any atom is -0.481 e. The van der Waals surface area contributed by atoms with Crippen molar-refractivity contribution in [3.8, 4) is 0 Å². The Morgan fingerprint density at radius 2 is 2.00 bits per heavy atom. The lowest BCUT2D eigenvalue weighted by Crippen LogP contribution is -2.42. The summed E-state index contributed by atoms with van der Waals surface area (Å²) < 4.78 is 0.704. The Morgan fingerprint density at radius 1 is 1.37 bits per heavy atom. The molecule has 0 radical (unpaired) electrons. The first-order valence-corrected chi connectivity index (χ1v) is 6.86. The molecule has 1 aromatic heterocycles. The van der Waals surface area contributed by atoms with E-state index in [0.29, 0.717) is 22.9 Å². The summed E-state index contributed by atoms with van der Waals surface area (Å²) in [7, 11) is 0. The topological polar surface area (TPSA) is 79.3 Å². The highest BCUT2D eigenvalue weighted by Crippen LogP contribution is 2.25. The van der Waals surface area contributed by atoms with Gasteiger partial charge in [0.05, 0.1) is 11.0 Å². The van der Waals surface area contributed by atoms with Crippen LogP contribution in [0.15, 0.2) is 22.9 Å². The smallest absolute Gasteiger partial charge is 0.311 e. The zero-order chi connectivity index (χ0) is 14.5. The number of amides is 1. The van der Waals surface area contributed by atoms with Crippen LogP contribution in [0.3, 0.4) is 0 Å². The van der Waals surface area contributed by atoms with Crippen molar-refractivity contribution >= 4 is 27.8 Å². The largest absolute Gasteiger partial charge is 0.481 e. The zero-order valence-electron chi connectivity index (χ0n) is 10.9. The van der Waals surface area contributed by atoms with E-state index in [-0.39, 0.29) is 12.5 Å². The molecule has 0 aliphatic heterocycles. The Bertz CT molecular complexity index is 473. The van der Waals surface area contributed by atoms with Crippen molar-refractivity contribution in [3.63, 3.8) is 0 Å². The number of hydrogen-bond donors (Lipinski definition) is 2. The maximum absolute atomic E-state index is 11.9. The quantitative estimate of drug-likeness (QED) is 0.840. The molecule has 1 aromatic rings. The average molecular weight is 329 g/mol. The van der Waals surface area contributed by atoms with Gasteiger partial charge in [-0.3, -0.25) is 14.6 Å². The highest BCUT2D eigenvalue weighted by Gasteiger charge is 2.35. The maximum atomic E-state index is 11.9. The maximum Gasteiger partial charge on any atom is 0.311 e. The van der Waals surface area contributed by atoms with Crippen LogP contribution < -0.4 is 5.32 Å². The van der Waals surface area contributed by atoms with E-state index in [0.717, 1.165) is 0 Å². The number of carbonyl (C=O) groups excluding carboxylic acids is 1. The summed E-state index contributed by atoms with van der Waals surface area (Å²) in [6.07, 6.45) is 3.96. The number of carbonyl (C=O) groups is 2. The third-order valence-corrected chi connectivity index (χ3v) is 3.80. The van der Waals surface area contributed by atoms with Crippen molar-refractivity contribution in [1.82, 2.24) is 10.3 Å². The molecule has 0 atom stereocenters. The molecular formula is C13H17BrN2O3. The van der Waals surface area contributed by atoms with Gasteiger partial charge < -0.3 is 10.4 Å². The van der Waals surface area contributed by atoms with Gasteiger partial charge in [0.15, 0.2) is 0 Å². The van der Waals surface area contributed by atoms with Crippen LogP contribution in [-0.2, 0) is 4.79 Å². The van der Waals surface area contributed by atoms with Gasteiger partial charge in [0.25, 0.3) is 5.91 Å². The number of hydrogen-bond acceptors (Lipinski definition) is 3. The van der Waals surface area contributed by atoms with Crippen LogP contribution in [0.4, 0.5) is 0 Å². The third-order valence-electron chi connectivity index (χ3n) is 3.36. The summed E-state index contributed by atoms with van der Waals surface area (Å²) in [5.74, 6) is -1.20. The van der Waals surface area contributed by atoms with Crippen LogP contribution in [0.5, 0.6) is 0 Å². The molecule has 0 aliphatic rings. The fraction of sp³-hybridized carbons (Fsp3) is 0.462. The van der Waals surface area contributed by atoms with E-state index in [1.54, 1.807) is 12.3 Å². The second-order valence-electron chi connectivity index (χ2n) is 4.37. The Morgan fingerprint density at radius 3 is 2.47 bits per heavy atom. The standard InChI is InChI=1S/C13H17BrN2O3/c1-3-13(4-2,12(18)19)8-16-11(17)9-5-10(14)7-15-6-9/h5-7H,3-4,8H2,1-2H3,(H,16,17)(H,18,19). The Hall–Kier alpha value is -1.43. The van der Waals surface area contributed by atoms with Gasteiger partial charge in [0, 0.05) is 23.4 Å². The Kier molecular flexibility index (Phi) is 5.47. The van der Waals surface area contributed by atoms with E-state index in [1.807, 2.05) is 13.8 Å². The lowest BCUT2D eigenvalue weighted by Gasteiger charge is -2.26. The molecule has 0 fully saturated rings. The van der Waals surface area contributed by atoms with Gasteiger partial charge in [-0.25, -0.2) is 0 Å². The molecule has 6 heteroatoms. The number of nitrogens with one attached hydrogen (secondary N) is 1. The van der Waals surface area contributed by atoms with Crippen molar-refractivity contribution < 1.29 is 14.7 Å². The molecule has 0 unspecified atom stereocenters. The number of aliphatic carboxylic acids is 1. The number of rotatable bonds is 6. The van der Waals surface area contributed by atoms with Gasteiger partial charge in [-0.2, -0.15) is 0 Å². The molecular weight excluding hydrogens is 312 g/mol. The fourth-order valence-electron chi connectivity index (χ4n) is 1.77. The minimum atomic E-state index is -0.908. The number of pyridine rings is 1. The van der Waals surface area contributed by atoms with Crippen LogP contribution in [0.1, 0.15) is 37.0 Å². The predicted octanol–water partition coefficient (Wildman–Crippen LogP) is 2.46. The Balaban J connectivity index is 2.75. The van der Waals surface area contributed by atoms with Gasteiger partial charge in [0.1, 0.15) is 0 Å². The second kappa shape index (κ2) is 6.65. The lowest BCUT2D eigenvalue weighted by atomic mass is 9.82. The van der Waals surface area contributed by atoms with Gasteiger partial charge in [0.2, 0.25) is 0 Å². The molecule has 5 nitrogen and oxygen atoms in total. The van der Waals surface area contributed by atoms with E-state index in [2.05, 4.69) is 26.2 Å². The molecule has 0 bridgehead atoms. The number of halogens is 1. The average Bonchev–Trinajstić information content (AvgIpc) is 2.40. The molecule has 1 rings (SSSR count). The van der Waals surface area contributed by atoms with Crippen LogP contribution >= 0.6 is 15.9 Å². The molecule has 0 saturated carbocycles. The van der Waals surface area contributed by atoms with Crippen LogP contribution in [0, 0.1) is 5.41 Å². The Labute approximate surface area is 120 Å². The third kappa shape index (κ3) is 3.76. The molecule has 19 heavy (non-hydrogen) atoms. The van der Waals surface area contributed by atoms with Crippen LogP contribution in [0.2, 0.25) is 0 Å². The molecule has 0 aromatic carbocycles. The predicted molar refractivity (Wildman–Crippen MR) is 74.9 cm³/mol. The van der Waals surface area contributed by atoms with Gasteiger partial charge in [-0.05, 0) is 34.8 Å². The van der Waals surface area contributed by atoms with Gasteiger partial charge in [-0.1, -0.05) is 13.8 Å². The van der Waals surface area contributed by atoms with Gasteiger partial charge >= 0.3 is 5.97 Å². The van der Waals surface area contributed by atoms with E-state index in [9.17, 15) is 14.7 Å². The molecule has 1 amide bonds. The summed E-state index contributed by atoms with van der Waals surface area (Å²) in [4.78, 5) is 27.1. The SMILES string of the molecule is CCC(CC)(CNC(=O)c1cncc(Br)c1)C(=O)O. The minimum absolute atomic E-state index is 0.112. The monoisotopic (exact) mass is 328 g/mol. The normalized spacial score (nSPS) is 11.1. The fourth-order valence-corrected chi connectivity index (χ4v) is 2.13. The van der Waals surface area contributed by atoms with Gasteiger partial charge in [-0.15, -0.1) is 0 Å². The van der Waals surface area contributed by atoms with Crippen LogP contribution in [0.25, 0.3) is 0 Å². The number of carboxylic acids is 1. The first-order valence-electron chi connectivity index (χ1n) is 6.07. The van der Waals surface area contributed by atoms with Crippen molar-refractivity contribution in [3.05, 3.63) is 28.5 Å². The molecule has 0 aliphatic carbocycles. The van der Waals surface area contributed by atoms with Crippen molar-refractivity contribution in [2.45, 2.75) is 26.7 Å². The zero-order valence-corrected chi connectivity index (χ0v) is 12.5. The molecule has 2 N–H and O–H groups in total. The highest BCUT2D eigenvalue weighted by atomic mass is 79.9. The van der Waals surface area contributed by atoms with Crippen molar-refractivity contribution in [2.75, 3.05) is 6.54 Å². The molecule has 1 heterocycles. The second-order valence-corrected chi connectivity index (χ2v) is 5.28. The van der Waals surface area contributed by atoms with Crippen molar-refractivity contribution in [1.29, 1.82) is 0 Å². The lowest BCUT2D eigenvalue weighted by molar-refractivity contribution is -0.149. The van der Waals surface area contributed by atoms with E-state index >= 15 is 0 Å². The summed E-state index contributed by atoms with van der Waals surface area (Å²) in [6, 6.07) is 1.64. The number of carboxylic acid groups (broad SMARTS) is 1. The summed E-state index contributed by atoms with van der Waals surface area (Å²) in [6.45, 7) is 3.73. The molecule has 104 valence electrons. The first-order chi connectivity index (χ1) is 8.95. The number of nitrogens with zero attached hydrogens (tertiary/aromatic N) is 1. The first kappa shape index (κ1) is 15.6. The molecule has 0 spiro atoms. The summed E-state index contributed by atoms with van der Waals surface area (Å²) >= 11 is 3.23. The highest BCUT2D eigenvalue weighted by molar-refractivity contribution is 9.10. The summed E-state index contributed by atoms with van der Waals surface area (Å²) in [5, 5.41) is 11.9. The summed E-state index contributed by atoms with van der Waals surface area (Å²) in [5.41, 5.74) is -0.504. The molecule has 0 saturated heterocycles. The van der Waals surface area contributed by atoms with Crippen LogP contribution in [-0.4, -0.2) is 28.5 Å². The van der Waals surface area contributed by atoms with E-state index in [1.165, 1.54) is 6.20 Å². The van der Waals surface area contributed by atoms with E-state index < -0.39 is 11.4 Å². The van der Waals surface area contributed by atoms with Crippen molar-refractivity contribution in [2.24, 2.45) is 5.41 Å². The number of aromatic nitrogens is 1.